The van der Waals surface area contributed by atoms with E-state index in [4.69, 9.17) is 0 Å². The molecule has 0 fully saturated rings. The van der Waals surface area contributed by atoms with Crippen molar-refractivity contribution in [3.63, 3.8) is 0 Å². The lowest BCUT2D eigenvalue weighted by Crippen LogP contribution is -2.12. The fraction of sp³-hybridized carbons (Fsp3) is 0.600. The topological polar surface area (TPSA) is 45.8 Å². The summed E-state index contributed by atoms with van der Waals surface area (Å²) in [7, 11) is 0. The lowest BCUT2D eigenvalue weighted by atomic mass is 9.87. The Hall–Kier alpha value is -1.12. The number of carbonyl (C=O) groups is 1. The molecule has 1 atom stereocenters. The zero-order valence-electron chi connectivity index (χ0n) is 8.05. The van der Waals surface area contributed by atoms with Gasteiger partial charge in [0.2, 0.25) is 0 Å². The van der Waals surface area contributed by atoms with E-state index in [1.165, 1.54) is 12.1 Å². The van der Waals surface area contributed by atoms with Gasteiger partial charge in [-0.25, -0.2) is 0 Å². The Bertz CT molecular complexity index is 341. The zero-order valence-corrected chi connectivity index (χ0v) is 8.05. The molecule has 70 valence electrons. The first-order chi connectivity index (χ1) is 6.18. The van der Waals surface area contributed by atoms with Gasteiger partial charge in [0.05, 0.1) is 0 Å². The van der Waals surface area contributed by atoms with Gasteiger partial charge in [0.1, 0.15) is 5.69 Å². The Labute approximate surface area is 77.5 Å². The average molecular weight is 178 g/mol. The zero-order chi connectivity index (χ0) is 9.42. The number of rotatable bonds is 1. The van der Waals surface area contributed by atoms with E-state index < -0.39 is 0 Å². The summed E-state index contributed by atoms with van der Waals surface area (Å²) < 4.78 is 0. The first-order valence-corrected chi connectivity index (χ1v) is 4.75. The molecule has 0 radical (unpaired) electrons. The SMILES string of the molecule is CC(=O)c1n[nH]c2c1CC(C)CC2. The molecule has 1 N–H and O–H groups in total. The standard InChI is InChI=1S/C10H14N2O/c1-6-3-4-9-8(5-6)10(7(2)13)12-11-9/h6H,3-5H2,1-2H3,(H,11,12). The van der Waals surface area contributed by atoms with Gasteiger partial charge in [-0.1, -0.05) is 6.92 Å². The van der Waals surface area contributed by atoms with E-state index >= 15 is 0 Å². The first-order valence-electron chi connectivity index (χ1n) is 4.75. The molecule has 3 heteroatoms. The number of nitrogens with zero attached hydrogens (tertiary/aromatic N) is 1. The average Bonchev–Trinajstić information content (AvgIpc) is 2.46. The number of fused-ring (bicyclic) bond motifs is 1. The molecule has 3 nitrogen and oxygen atoms in total. The van der Waals surface area contributed by atoms with E-state index in [0.29, 0.717) is 11.6 Å². The minimum absolute atomic E-state index is 0.0756. The van der Waals surface area contributed by atoms with Gasteiger partial charge in [-0.05, 0) is 25.2 Å². The molecule has 1 unspecified atom stereocenters. The Morgan fingerprint density at radius 2 is 2.38 bits per heavy atom. The molecule has 0 aromatic carbocycles. The molecule has 1 aromatic rings. The molecule has 0 aliphatic heterocycles. The Morgan fingerprint density at radius 1 is 1.62 bits per heavy atom. The molecule has 1 aliphatic carbocycles. The normalized spacial score (nSPS) is 21.2. The van der Waals surface area contributed by atoms with Crippen molar-refractivity contribution in [2.45, 2.75) is 33.1 Å². The van der Waals surface area contributed by atoms with Crippen molar-refractivity contribution in [2.75, 3.05) is 0 Å². The van der Waals surface area contributed by atoms with Gasteiger partial charge in [0.15, 0.2) is 5.78 Å². The van der Waals surface area contributed by atoms with E-state index in [2.05, 4.69) is 17.1 Å². The summed E-state index contributed by atoms with van der Waals surface area (Å²) in [6.07, 6.45) is 3.24. The number of aromatic nitrogens is 2. The predicted octanol–water partition coefficient (Wildman–Crippen LogP) is 1.74. The van der Waals surface area contributed by atoms with Crippen LogP contribution in [0.3, 0.4) is 0 Å². The van der Waals surface area contributed by atoms with Crippen LogP contribution in [0, 0.1) is 5.92 Å². The summed E-state index contributed by atoms with van der Waals surface area (Å²) in [5.74, 6) is 0.759. The highest BCUT2D eigenvalue weighted by molar-refractivity contribution is 5.93. The molecule has 1 aromatic heterocycles. The molecular formula is C10H14N2O. The monoisotopic (exact) mass is 178 g/mol. The first kappa shape index (κ1) is 8.48. The molecule has 0 bridgehead atoms. The summed E-state index contributed by atoms with van der Waals surface area (Å²) in [6, 6.07) is 0. The number of aryl methyl sites for hydroxylation is 1. The molecule has 1 aliphatic rings. The van der Waals surface area contributed by atoms with Gasteiger partial charge < -0.3 is 0 Å². The Balaban J connectivity index is 2.41. The van der Waals surface area contributed by atoms with Crippen LogP contribution in [0.5, 0.6) is 0 Å². The van der Waals surface area contributed by atoms with E-state index in [1.807, 2.05) is 0 Å². The molecular weight excluding hydrogens is 164 g/mol. The molecule has 0 saturated heterocycles. The fourth-order valence-corrected chi connectivity index (χ4v) is 1.96. The molecule has 0 saturated carbocycles. The molecule has 0 spiro atoms. The lowest BCUT2D eigenvalue weighted by molar-refractivity contribution is 0.101. The minimum atomic E-state index is 0.0756. The number of Topliss-reactive ketones (excluding diaryl/α,β-unsaturated/α-hetero) is 1. The highest BCUT2D eigenvalue weighted by atomic mass is 16.1. The van der Waals surface area contributed by atoms with Crippen LogP contribution in [0.4, 0.5) is 0 Å². The van der Waals surface area contributed by atoms with Crippen LogP contribution in [-0.2, 0) is 12.8 Å². The van der Waals surface area contributed by atoms with Crippen molar-refractivity contribution in [3.8, 4) is 0 Å². The second-order valence-electron chi connectivity index (χ2n) is 3.93. The maximum atomic E-state index is 11.2. The highest BCUT2D eigenvalue weighted by Crippen LogP contribution is 2.26. The number of hydrogen-bond donors (Lipinski definition) is 1. The van der Waals surface area contributed by atoms with Crippen molar-refractivity contribution in [2.24, 2.45) is 5.92 Å². The van der Waals surface area contributed by atoms with Gasteiger partial charge in [-0.2, -0.15) is 5.10 Å². The van der Waals surface area contributed by atoms with Crippen molar-refractivity contribution in [1.29, 1.82) is 0 Å². The Morgan fingerprint density at radius 3 is 3.08 bits per heavy atom. The van der Waals surface area contributed by atoms with Gasteiger partial charge in [-0.15, -0.1) is 0 Å². The summed E-state index contributed by atoms with van der Waals surface area (Å²) in [4.78, 5) is 11.2. The summed E-state index contributed by atoms with van der Waals surface area (Å²) in [5, 5.41) is 7.01. The van der Waals surface area contributed by atoms with Crippen molar-refractivity contribution in [1.82, 2.24) is 10.2 Å². The van der Waals surface area contributed by atoms with Crippen LogP contribution in [0.2, 0.25) is 0 Å². The van der Waals surface area contributed by atoms with Gasteiger partial charge in [0, 0.05) is 18.2 Å². The maximum Gasteiger partial charge on any atom is 0.180 e. The highest BCUT2D eigenvalue weighted by Gasteiger charge is 2.22. The molecule has 13 heavy (non-hydrogen) atoms. The predicted molar refractivity (Wildman–Crippen MR) is 49.8 cm³/mol. The van der Waals surface area contributed by atoms with Crippen molar-refractivity contribution < 1.29 is 4.79 Å². The van der Waals surface area contributed by atoms with E-state index in [0.717, 1.165) is 18.4 Å². The number of ketones is 1. The van der Waals surface area contributed by atoms with E-state index in [-0.39, 0.29) is 5.78 Å². The molecule has 2 rings (SSSR count). The van der Waals surface area contributed by atoms with E-state index in [9.17, 15) is 4.79 Å². The third-order valence-corrected chi connectivity index (χ3v) is 2.73. The fourth-order valence-electron chi connectivity index (χ4n) is 1.96. The van der Waals surface area contributed by atoms with Crippen LogP contribution in [0.25, 0.3) is 0 Å². The van der Waals surface area contributed by atoms with Crippen LogP contribution in [0.15, 0.2) is 0 Å². The van der Waals surface area contributed by atoms with Gasteiger partial charge >= 0.3 is 0 Å². The third kappa shape index (κ3) is 1.39. The van der Waals surface area contributed by atoms with Gasteiger partial charge in [0.25, 0.3) is 0 Å². The van der Waals surface area contributed by atoms with Crippen LogP contribution >= 0.6 is 0 Å². The third-order valence-electron chi connectivity index (χ3n) is 2.73. The quantitative estimate of drug-likeness (QED) is 0.666. The summed E-state index contributed by atoms with van der Waals surface area (Å²) >= 11 is 0. The summed E-state index contributed by atoms with van der Waals surface area (Å²) in [5.41, 5.74) is 2.98. The van der Waals surface area contributed by atoms with Gasteiger partial charge in [-0.3, -0.25) is 9.89 Å². The second kappa shape index (κ2) is 2.98. The van der Waals surface area contributed by atoms with Crippen LogP contribution in [-0.4, -0.2) is 16.0 Å². The van der Waals surface area contributed by atoms with E-state index in [1.54, 1.807) is 6.92 Å². The second-order valence-corrected chi connectivity index (χ2v) is 3.93. The lowest BCUT2D eigenvalue weighted by Gasteiger charge is -2.17. The Kier molecular flexibility index (Phi) is 1.94. The van der Waals surface area contributed by atoms with Crippen molar-refractivity contribution >= 4 is 5.78 Å². The number of H-pyrrole nitrogens is 1. The minimum Gasteiger partial charge on any atom is -0.293 e. The maximum absolute atomic E-state index is 11.2. The largest absolute Gasteiger partial charge is 0.293 e. The number of nitrogens with one attached hydrogen (secondary N) is 1. The smallest absolute Gasteiger partial charge is 0.180 e. The van der Waals surface area contributed by atoms with Crippen LogP contribution < -0.4 is 0 Å². The number of carbonyl (C=O) groups excluding carboxylic acids is 1. The van der Waals surface area contributed by atoms with Crippen molar-refractivity contribution in [3.05, 3.63) is 17.0 Å². The molecule has 0 amide bonds. The number of aromatic amines is 1. The van der Waals surface area contributed by atoms with Crippen LogP contribution in [0.1, 0.15) is 42.0 Å². The number of hydrogen-bond acceptors (Lipinski definition) is 2. The molecule has 1 heterocycles. The summed E-state index contributed by atoms with van der Waals surface area (Å²) in [6.45, 7) is 3.80.